The van der Waals surface area contributed by atoms with E-state index in [-0.39, 0.29) is 18.2 Å². The van der Waals surface area contributed by atoms with E-state index in [1.807, 2.05) is 34.1 Å². The van der Waals surface area contributed by atoms with Gasteiger partial charge in [0.05, 0.1) is 36.4 Å². The smallest absolute Gasteiger partial charge is 0.329 e. The van der Waals surface area contributed by atoms with E-state index in [9.17, 15) is 4.79 Å². The minimum atomic E-state index is -1.30. The molecule has 6 aliphatic rings. The van der Waals surface area contributed by atoms with Crippen molar-refractivity contribution in [3.63, 3.8) is 0 Å². The van der Waals surface area contributed by atoms with Gasteiger partial charge in [-0.1, -0.05) is 61.7 Å². The molecule has 0 N–H and O–H groups in total. The number of methoxy groups -OCH3 is 2. The van der Waals surface area contributed by atoms with Crippen LogP contribution in [0.1, 0.15) is 73.6 Å². The van der Waals surface area contributed by atoms with Crippen LogP contribution >= 0.6 is 11.8 Å². The van der Waals surface area contributed by atoms with Crippen LogP contribution in [-0.2, 0) is 39.5 Å². The summed E-state index contributed by atoms with van der Waals surface area (Å²) in [5, 5.41) is 76.9. The van der Waals surface area contributed by atoms with Gasteiger partial charge in [0.15, 0.2) is 0 Å². The molecule has 2 amide bonds. The van der Waals surface area contributed by atoms with Crippen LogP contribution in [0, 0.1) is 0 Å². The lowest BCUT2D eigenvalue weighted by Crippen LogP contribution is -2.59. The van der Waals surface area contributed by atoms with Gasteiger partial charge in [-0.25, -0.2) is 9.59 Å². The standard InChI is InChI=1S/C88H32N2O6S/c1-95-85(93)83-87-79-71-63-53-43-35-27-25-26-29-33-31(27)39-47-41(33)51-45-37(29)38-30(26)34-32-28(25)36(35)44-50-40(32)48-42(34)52-46(38)56-55(45)65-59(51)69-61(47)67(57(63)49(39)43)75(79)77(69)81-73(65)74-66(56)60(52)70-62(48)68-58(50)64(54(44)53)72(71)80(87)76(68)78(70)82(74)88(81,87)84(86(94)96-2)90(83)24(92)18-8-6-4-3-5-7-17-23(91)89-19-13-9-11-15-21(19)97-22-16-12-10-14-20(22)89/h9-16,83-84H,3-8,17-18H2,1-2H3. The number of esters is 2. The van der Waals surface area contributed by atoms with Gasteiger partial charge >= 0.3 is 11.9 Å². The summed E-state index contributed by atoms with van der Waals surface area (Å²) in [5.41, 5.74) is 4.05. The minimum Gasteiger partial charge on any atom is -0.467 e. The summed E-state index contributed by atoms with van der Waals surface area (Å²) in [6, 6.07) is 14.0. The average molecular weight is 1250 g/mol. The highest BCUT2D eigenvalue weighted by Gasteiger charge is 2.83. The molecular formula is C88H32N2O6S. The number of hydrogen-bond acceptors (Lipinski definition) is 7. The van der Waals surface area contributed by atoms with Crippen molar-refractivity contribution < 1.29 is 28.7 Å². The lowest BCUT2D eigenvalue weighted by molar-refractivity contribution is -0.159. The normalized spacial score (nSPS) is 21.4. The van der Waals surface area contributed by atoms with Crippen molar-refractivity contribution in [3.8, 4) is 0 Å². The third-order valence-electron chi connectivity index (χ3n) is 30.7. The van der Waals surface area contributed by atoms with Crippen LogP contribution in [-0.4, -0.2) is 55.0 Å². The van der Waals surface area contributed by atoms with Gasteiger partial charge < -0.3 is 14.4 Å². The van der Waals surface area contributed by atoms with Crippen LogP contribution in [0.25, 0.3) is 291 Å². The Hall–Kier alpha value is -10.9. The van der Waals surface area contributed by atoms with Gasteiger partial charge in [0, 0.05) is 22.6 Å². The van der Waals surface area contributed by atoms with Crippen molar-refractivity contribution >= 4 is 338 Å². The Morgan fingerprint density at radius 2 is 0.505 bits per heavy atom. The molecule has 36 rings (SSSR count). The van der Waals surface area contributed by atoms with Gasteiger partial charge in [-0.2, -0.15) is 0 Å². The van der Waals surface area contributed by atoms with Gasteiger partial charge in [0.1, 0.15) is 12.1 Å². The summed E-state index contributed by atoms with van der Waals surface area (Å²) in [5.74, 6) is -0.995. The van der Waals surface area contributed by atoms with E-state index < -0.39 is 34.9 Å². The molecule has 0 aromatic heterocycles. The van der Waals surface area contributed by atoms with E-state index in [0.717, 1.165) is 53.3 Å². The number of nitrogens with zero attached hydrogens (tertiary/aromatic N) is 2. The SMILES string of the molecule is COC(=O)C1N(C(=O)CCCCCCCCC(=O)N2c3ccccc3Sc3ccccc32)C(C(=O)OC)C23c4c5c6c7c8c9c(c%10c%11c2c2c4c4c%12c5c5c6c6c8c8c%13c9c9c%10c%10c%11c%11c2c2c4c4c%12c%12c5c5c6c8c6c8c%13c9c9c%10c%10c%11c2c2c4c4c%12c5c6c5c8c9c%10c2c45)C713. The highest BCUT2D eigenvalue weighted by Crippen LogP contribution is 2.87. The molecule has 30 aromatic rings. The first-order chi connectivity index (χ1) is 48.0. The largest absolute Gasteiger partial charge is 0.467 e. The van der Waals surface area contributed by atoms with Gasteiger partial charge in [0.2, 0.25) is 11.8 Å². The zero-order valence-electron chi connectivity index (χ0n) is 51.2. The predicted molar refractivity (Wildman–Crippen MR) is 393 cm³/mol. The number of para-hydroxylation sites is 2. The number of benzene rings is 20. The zero-order chi connectivity index (χ0) is 60.8. The average Bonchev–Trinajstić information content (AvgIpc) is 1.38. The Morgan fingerprint density at radius 1 is 0.299 bits per heavy atom. The molecule has 9 heteroatoms. The molecule has 2 unspecified atom stereocenters. The van der Waals surface area contributed by atoms with Gasteiger partial charge in [-0.3, -0.25) is 14.5 Å². The Balaban J connectivity index is 0.685. The number of hydrogen-bond donors (Lipinski definition) is 0. The summed E-state index contributed by atoms with van der Waals surface area (Å²) < 4.78 is 13.0. The van der Waals surface area contributed by atoms with E-state index >= 15 is 14.4 Å². The summed E-state index contributed by atoms with van der Waals surface area (Å²) in [7, 11) is 3.06. The van der Waals surface area contributed by atoms with Crippen LogP contribution in [0.4, 0.5) is 11.4 Å². The Kier molecular flexibility index (Phi) is 5.07. The fourth-order valence-corrected chi connectivity index (χ4v) is 30.5. The first-order valence-corrected chi connectivity index (χ1v) is 36.2. The summed E-state index contributed by atoms with van der Waals surface area (Å²) in [6.45, 7) is 0. The molecule has 2 spiro atoms. The highest BCUT2D eigenvalue weighted by molar-refractivity contribution is 7.99. The summed E-state index contributed by atoms with van der Waals surface area (Å²) in [6.07, 6.45) is 5.47. The van der Waals surface area contributed by atoms with Crippen LogP contribution in [0.3, 0.4) is 0 Å². The number of carbonyl (C=O) groups is 4. The van der Waals surface area contributed by atoms with Gasteiger partial charge in [-0.15, -0.1) is 0 Å². The maximum absolute atomic E-state index is 17.0. The maximum atomic E-state index is 17.0. The number of amides is 2. The Bertz CT molecular complexity index is 8080. The second-order valence-corrected chi connectivity index (χ2v) is 33.5. The van der Waals surface area contributed by atoms with Crippen molar-refractivity contribution in [1.29, 1.82) is 0 Å². The lowest BCUT2D eigenvalue weighted by Gasteiger charge is -2.51. The predicted octanol–water partition coefficient (Wildman–Crippen LogP) is 21.2. The molecule has 2 atom stereocenters. The molecule has 0 bridgehead atoms. The van der Waals surface area contributed by atoms with Gasteiger partial charge in [-0.05, 0) is 350 Å². The third-order valence-corrected chi connectivity index (χ3v) is 31.8. The Morgan fingerprint density at radius 3 is 0.742 bits per heavy atom. The maximum Gasteiger partial charge on any atom is 0.329 e. The molecule has 2 aliphatic heterocycles. The molecule has 0 saturated carbocycles. The zero-order valence-corrected chi connectivity index (χ0v) is 52.0. The third kappa shape index (κ3) is 2.94. The lowest BCUT2D eigenvalue weighted by atomic mass is 9.46. The highest BCUT2D eigenvalue weighted by atomic mass is 32.2. The van der Waals surface area contributed by atoms with E-state index in [1.165, 1.54) is 317 Å². The molecule has 436 valence electrons. The van der Waals surface area contributed by atoms with E-state index in [1.54, 1.807) is 22.5 Å². The number of rotatable bonds is 11. The number of fused-ring (bicyclic) bond motifs is 2. The van der Waals surface area contributed by atoms with Crippen molar-refractivity contribution in [2.75, 3.05) is 19.1 Å². The fourth-order valence-electron chi connectivity index (χ4n) is 29.5. The number of anilines is 2. The second-order valence-electron chi connectivity index (χ2n) is 32.4. The fraction of sp³-hybridized carbons (Fsp3) is 0.159. The first kappa shape index (κ1) is 43.3. The van der Waals surface area contributed by atoms with Crippen molar-refractivity contribution in [1.82, 2.24) is 4.90 Å². The van der Waals surface area contributed by atoms with Crippen LogP contribution in [0.5, 0.6) is 0 Å². The van der Waals surface area contributed by atoms with Crippen molar-refractivity contribution in [3.05, 3.63) is 70.8 Å². The van der Waals surface area contributed by atoms with Crippen molar-refractivity contribution in [2.45, 2.75) is 84.1 Å². The molecular weight excluding hydrogens is 1210 g/mol. The van der Waals surface area contributed by atoms with Crippen LogP contribution in [0.15, 0.2) is 58.3 Å². The molecule has 4 aliphatic carbocycles. The number of carbonyl (C=O) groups excluding carboxylic acids is 4. The van der Waals surface area contributed by atoms with E-state index in [2.05, 4.69) is 24.3 Å². The first-order valence-electron chi connectivity index (χ1n) is 35.4. The van der Waals surface area contributed by atoms with E-state index in [4.69, 9.17) is 9.47 Å². The Labute approximate surface area is 541 Å². The molecule has 0 radical (unpaired) electrons. The van der Waals surface area contributed by atoms with Gasteiger partial charge in [0.25, 0.3) is 0 Å². The molecule has 1 saturated heterocycles. The molecule has 30 aromatic carbocycles. The molecule has 8 nitrogen and oxygen atoms in total. The number of ether oxygens (including phenoxy) is 2. The molecule has 1 fully saturated rings. The van der Waals surface area contributed by atoms with Crippen LogP contribution in [0.2, 0.25) is 0 Å². The van der Waals surface area contributed by atoms with Crippen molar-refractivity contribution in [2.24, 2.45) is 0 Å². The molecule has 97 heavy (non-hydrogen) atoms. The van der Waals surface area contributed by atoms with Crippen LogP contribution < -0.4 is 4.90 Å². The topological polar surface area (TPSA) is 93.2 Å². The number of likely N-dealkylation sites (tertiary alicyclic amines) is 1. The monoisotopic (exact) mass is 1240 g/mol. The van der Waals surface area contributed by atoms with E-state index in [0.29, 0.717) is 12.8 Å². The second kappa shape index (κ2) is 11.4. The summed E-state index contributed by atoms with van der Waals surface area (Å²) in [4.78, 5) is 70.9. The number of unbranched alkanes of at least 4 members (excludes halogenated alkanes) is 5. The summed E-state index contributed by atoms with van der Waals surface area (Å²) >= 11 is 1.71. The molecule has 2 heterocycles. The minimum absolute atomic E-state index is 0.106. The quantitative estimate of drug-likeness (QED) is 0.0723.